The second-order valence-electron chi connectivity index (χ2n) is 5.68. The Kier molecular flexibility index (Phi) is 9.78. The molecule has 0 aromatic carbocycles. The van der Waals surface area contributed by atoms with E-state index in [1.165, 1.54) is 70.0 Å². The van der Waals surface area contributed by atoms with E-state index in [0.29, 0.717) is 6.67 Å². The monoisotopic (exact) mass is 267 g/mol. The Morgan fingerprint density at radius 2 is 1.53 bits per heavy atom. The largest absolute Gasteiger partial charge is 0.346 e. The molecule has 1 aliphatic heterocycles. The van der Waals surface area contributed by atoms with E-state index in [2.05, 4.69) is 16.8 Å². The van der Waals surface area contributed by atoms with Crippen LogP contribution in [0.4, 0.5) is 0 Å². The van der Waals surface area contributed by atoms with E-state index in [1.807, 2.05) is 0 Å². The van der Waals surface area contributed by atoms with Crippen molar-refractivity contribution in [1.29, 1.82) is 0 Å². The van der Waals surface area contributed by atoms with E-state index < -0.39 is 0 Å². The van der Waals surface area contributed by atoms with E-state index in [-0.39, 0.29) is 0 Å². The van der Waals surface area contributed by atoms with Crippen LogP contribution in [0, 0.1) is 0 Å². The number of aliphatic imine (C=N–C) groups is 1. The first-order chi connectivity index (χ1) is 9.38. The van der Waals surface area contributed by atoms with Gasteiger partial charge < -0.3 is 10.6 Å². The Bertz CT molecular complexity index is 238. The predicted molar refractivity (Wildman–Crippen MR) is 84.5 cm³/mol. The molecule has 1 heterocycles. The summed E-state index contributed by atoms with van der Waals surface area (Å²) in [7, 11) is 0. The fourth-order valence-corrected chi connectivity index (χ4v) is 2.73. The van der Waals surface area contributed by atoms with Gasteiger partial charge in [-0.2, -0.15) is 0 Å². The molecule has 0 bridgehead atoms. The zero-order chi connectivity index (χ0) is 13.8. The van der Waals surface area contributed by atoms with Gasteiger partial charge >= 0.3 is 0 Å². The lowest BCUT2D eigenvalue weighted by atomic mass is 10.1. The van der Waals surface area contributed by atoms with Crippen molar-refractivity contribution in [2.45, 2.75) is 77.6 Å². The zero-order valence-electron chi connectivity index (χ0n) is 12.9. The van der Waals surface area contributed by atoms with Gasteiger partial charge in [0, 0.05) is 13.0 Å². The molecule has 0 unspecified atom stereocenters. The van der Waals surface area contributed by atoms with E-state index in [4.69, 9.17) is 5.73 Å². The molecule has 1 aliphatic rings. The van der Waals surface area contributed by atoms with Gasteiger partial charge in [0.2, 0.25) is 0 Å². The minimum Gasteiger partial charge on any atom is -0.346 e. The van der Waals surface area contributed by atoms with Gasteiger partial charge in [-0.05, 0) is 6.42 Å². The van der Waals surface area contributed by atoms with Crippen LogP contribution in [0.25, 0.3) is 0 Å². The normalized spacial score (nSPS) is 15.1. The summed E-state index contributed by atoms with van der Waals surface area (Å²) in [4.78, 5) is 6.74. The third kappa shape index (κ3) is 7.56. The van der Waals surface area contributed by atoms with Gasteiger partial charge in [0.05, 0.1) is 13.2 Å². The van der Waals surface area contributed by atoms with E-state index in [1.54, 1.807) is 0 Å². The number of rotatable bonds is 12. The van der Waals surface area contributed by atoms with Crippen LogP contribution in [-0.4, -0.2) is 30.5 Å². The second kappa shape index (κ2) is 11.3. The van der Waals surface area contributed by atoms with Crippen LogP contribution in [0.15, 0.2) is 4.99 Å². The van der Waals surface area contributed by atoms with Crippen molar-refractivity contribution in [3.8, 4) is 0 Å². The van der Waals surface area contributed by atoms with E-state index in [9.17, 15) is 0 Å². The van der Waals surface area contributed by atoms with Gasteiger partial charge in [0.15, 0.2) is 0 Å². The summed E-state index contributed by atoms with van der Waals surface area (Å²) in [5.41, 5.74) is 5.69. The highest BCUT2D eigenvalue weighted by atomic mass is 15.3. The molecule has 3 heteroatoms. The fourth-order valence-electron chi connectivity index (χ4n) is 2.73. The zero-order valence-corrected chi connectivity index (χ0v) is 12.9. The molecule has 0 fully saturated rings. The van der Waals surface area contributed by atoms with Crippen LogP contribution in [0.3, 0.4) is 0 Å². The van der Waals surface area contributed by atoms with Gasteiger partial charge in [-0.15, -0.1) is 0 Å². The molecule has 2 N–H and O–H groups in total. The Morgan fingerprint density at radius 1 is 0.947 bits per heavy atom. The summed E-state index contributed by atoms with van der Waals surface area (Å²) in [6, 6.07) is 0. The lowest BCUT2D eigenvalue weighted by Gasteiger charge is -2.17. The highest BCUT2D eigenvalue weighted by Gasteiger charge is 2.13. The average Bonchev–Trinajstić information content (AvgIpc) is 2.88. The third-order valence-corrected chi connectivity index (χ3v) is 4.00. The fraction of sp³-hybridized carbons (Fsp3) is 0.938. The summed E-state index contributed by atoms with van der Waals surface area (Å²) in [5, 5.41) is 0. The van der Waals surface area contributed by atoms with Crippen molar-refractivity contribution in [2.75, 3.05) is 19.8 Å². The molecule has 1 rings (SSSR count). The van der Waals surface area contributed by atoms with Crippen LogP contribution < -0.4 is 5.73 Å². The molecule has 0 spiro atoms. The van der Waals surface area contributed by atoms with Gasteiger partial charge in [0.25, 0.3) is 0 Å². The molecule has 112 valence electrons. The average molecular weight is 267 g/mol. The standard InChI is InChI=1S/C16H33N3/c1-2-3-4-5-6-7-8-9-10-11-12-16-18-13-14-19(16)15-17/h2-15,17H2,1H3. The lowest BCUT2D eigenvalue weighted by Crippen LogP contribution is -2.33. The van der Waals surface area contributed by atoms with Crippen molar-refractivity contribution in [1.82, 2.24) is 4.90 Å². The molecule has 0 atom stereocenters. The number of hydrogen-bond acceptors (Lipinski definition) is 3. The quantitative estimate of drug-likeness (QED) is 0.544. The first kappa shape index (κ1) is 16.5. The maximum atomic E-state index is 5.69. The van der Waals surface area contributed by atoms with E-state index >= 15 is 0 Å². The maximum absolute atomic E-state index is 5.69. The second-order valence-corrected chi connectivity index (χ2v) is 5.68. The number of amidine groups is 1. The summed E-state index contributed by atoms with van der Waals surface area (Å²) in [6.07, 6.45) is 15.1. The van der Waals surface area contributed by atoms with Crippen LogP contribution in [-0.2, 0) is 0 Å². The first-order valence-electron chi connectivity index (χ1n) is 8.36. The number of nitrogens with two attached hydrogens (primary N) is 1. The SMILES string of the molecule is CCCCCCCCCCCCC1=NCCN1CN. The smallest absolute Gasteiger partial charge is 0.100 e. The van der Waals surface area contributed by atoms with Gasteiger partial charge in [-0.3, -0.25) is 4.99 Å². The van der Waals surface area contributed by atoms with Crippen molar-refractivity contribution < 1.29 is 0 Å². The van der Waals surface area contributed by atoms with Crippen molar-refractivity contribution in [3.63, 3.8) is 0 Å². The number of nitrogens with zero attached hydrogens (tertiary/aromatic N) is 2. The molecular formula is C16H33N3. The summed E-state index contributed by atoms with van der Waals surface area (Å²) >= 11 is 0. The molecule has 0 amide bonds. The molecule has 3 nitrogen and oxygen atoms in total. The summed E-state index contributed by atoms with van der Waals surface area (Å²) in [6.45, 7) is 4.89. The Hall–Kier alpha value is -0.570. The molecule has 0 saturated heterocycles. The van der Waals surface area contributed by atoms with Gasteiger partial charge in [-0.1, -0.05) is 64.7 Å². The summed E-state index contributed by atoms with van der Waals surface area (Å²) in [5.74, 6) is 1.25. The highest BCUT2D eigenvalue weighted by Crippen LogP contribution is 2.13. The van der Waals surface area contributed by atoms with Crippen molar-refractivity contribution in [2.24, 2.45) is 10.7 Å². The van der Waals surface area contributed by atoms with E-state index in [0.717, 1.165) is 19.5 Å². The van der Waals surface area contributed by atoms with Crippen LogP contribution in [0.1, 0.15) is 77.6 Å². The summed E-state index contributed by atoms with van der Waals surface area (Å²) < 4.78 is 0. The molecule has 0 aromatic heterocycles. The maximum Gasteiger partial charge on any atom is 0.100 e. The Morgan fingerprint density at radius 3 is 2.11 bits per heavy atom. The van der Waals surface area contributed by atoms with Gasteiger partial charge in [0.1, 0.15) is 5.84 Å². The highest BCUT2D eigenvalue weighted by molar-refractivity contribution is 5.83. The van der Waals surface area contributed by atoms with Crippen LogP contribution in [0.5, 0.6) is 0 Å². The van der Waals surface area contributed by atoms with Crippen molar-refractivity contribution >= 4 is 5.84 Å². The molecule has 0 aromatic rings. The Balaban J connectivity index is 1.84. The predicted octanol–water partition coefficient (Wildman–Crippen LogP) is 3.93. The minimum absolute atomic E-state index is 0.636. The molecule has 0 saturated carbocycles. The molecule has 19 heavy (non-hydrogen) atoms. The van der Waals surface area contributed by atoms with Gasteiger partial charge in [-0.25, -0.2) is 0 Å². The molecule has 0 radical (unpaired) electrons. The lowest BCUT2D eigenvalue weighted by molar-refractivity contribution is 0.459. The molecule has 0 aliphatic carbocycles. The van der Waals surface area contributed by atoms with Crippen LogP contribution in [0.2, 0.25) is 0 Å². The Labute approximate surface area is 119 Å². The van der Waals surface area contributed by atoms with Crippen molar-refractivity contribution in [3.05, 3.63) is 0 Å². The molecular weight excluding hydrogens is 234 g/mol. The number of unbranched alkanes of at least 4 members (excludes halogenated alkanes) is 9. The van der Waals surface area contributed by atoms with Crippen LogP contribution >= 0.6 is 0 Å². The minimum atomic E-state index is 0.636. The number of hydrogen-bond donors (Lipinski definition) is 1. The third-order valence-electron chi connectivity index (χ3n) is 4.00. The first-order valence-corrected chi connectivity index (χ1v) is 8.36. The topological polar surface area (TPSA) is 41.6 Å².